The van der Waals surface area contributed by atoms with Crippen molar-refractivity contribution >= 4 is 17.6 Å². The minimum atomic E-state index is -0.892. The van der Waals surface area contributed by atoms with E-state index in [1.165, 1.54) is 0 Å². The molecule has 21 heavy (non-hydrogen) atoms. The molecule has 0 radical (unpaired) electrons. The lowest BCUT2D eigenvalue weighted by Crippen LogP contribution is -1.97. The average molecular weight is 303 g/mol. The fourth-order valence-electron chi connectivity index (χ4n) is 2.74. The van der Waals surface area contributed by atoms with Gasteiger partial charge in [-0.1, -0.05) is 29.8 Å². The van der Waals surface area contributed by atoms with Crippen LogP contribution in [0.2, 0.25) is 5.02 Å². The second-order valence-corrected chi connectivity index (χ2v) is 5.67. The van der Waals surface area contributed by atoms with E-state index in [1.54, 1.807) is 25.3 Å². The maximum atomic E-state index is 11.0. The molecule has 3 nitrogen and oxygen atoms in total. The number of carbonyl (C=O) groups is 1. The number of halogens is 1. The van der Waals surface area contributed by atoms with Crippen LogP contribution in [0.4, 0.5) is 0 Å². The smallest absolute Gasteiger partial charge is 0.335 e. The molecule has 0 spiro atoms. The molecule has 0 heterocycles. The van der Waals surface area contributed by atoms with Crippen LogP contribution < -0.4 is 4.74 Å². The maximum Gasteiger partial charge on any atom is 0.335 e. The first-order chi connectivity index (χ1) is 10.1. The number of aromatic carboxylic acids is 1. The summed E-state index contributed by atoms with van der Waals surface area (Å²) in [5.41, 5.74) is 2.49. The molecule has 1 fully saturated rings. The van der Waals surface area contributed by atoms with Crippen LogP contribution in [0.1, 0.15) is 39.7 Å². The summed E-state index contributed by atoms with van der Waals surface area (Å²) in [5.74, 6) is 0.549. The van der Waals surface area contributed by atoms with Crippen LogP contribution in [-0.2, 0) is 0 Å². The molecule has 108 valence electrons. The molecule has 1 aliphatic rings. The number of methoxy groups -OCH3 is 1. The fraction of sp³-hybridized carbons (Fsp3) is 0.235. The highest BCUT2D eigenvalue weighted by Gasteiger charge is 2.40. The van der Waals surface area contributed by atoms with Gasteiger partial charge in [0.2, 0.25) is 0 Å². The first-order valence-electron chi connectivity index (χ1n) is 6.77. The summed E-state index contributed by atoms with van der Waals surface area (Å²) in [6, 6.07) is 12.9. The summed E-state index contributed by atoms with van der Waals surface area (Å²) in [7, 11) is 1.61. The van der Waals surface area contributed by atoms with Gasteiger partial charge in [0.05, 0.1) is 12.7 Å². The fourth-order valence-corrected chi connectivity index (χ4v) is 3.06. The van der Waals surface area contributed by atoms with Crippen molar-refractivity contribution in [2.45, 2.75) is 18.3 Å². The number of carboxylic acids is 1. The summed E-state index contributed by atoms with van der Waals surface area (Å²) in [5, 5.41) is 9.77. The Morgan fingerprint density at radius 2 is 2.05 bits per heavy atom. The molecule has 1 N–H and O–H groups in total. The van der Waals surface area contributed by atoms with Crippen molar-refractivity contribution < 1.29 is 14.6 Å². The van der Waals surface area contributed by atoms with Gasteiger partial charge in [-0.2, -0.15) is 0 Å². The van der Waals surface area contributed by atoms with E-state index in [4.69, 9.17) is 21.4 Å². The Morgan fingerprint density at radius 3 is 2.71 bits per heavy atom. The van der Waals surface area contributed by atoms with Gasteiger partial charge in [0.25, 0.3) is 0 Å². The molecule has 0 bridgehead atoms. The summed E-state index contributed by atoms with van der Waals surface area (Å²) >= 11 is 6.30. The van der Waals surface area contributed by atoms with Crippen LogP contribution in [0, 0.1) is 0 Å². The Labute approximate surface area is 128 Å². The lowest BCUT2D eigenvalue weighted by atomic mass is 10.0. The van der Waals surface area contributed by atoms with E-state index in [1.807, 2.05) is 24.3 Å². The number of ether oxygens (including phenoxy) is 1. The van der Waals surface area contributed by atoms with Crippen LogP contribution >= 0.6 is 11.6 Å². The lowest BCUT2D eigenvalue weighted by molar-refractivity contribution is 0.0697. The summed E-state index contributed by atoms with van der Waals surface area (Å²) in [6.07, 6.45) is 0.995. The molecule has 2 atom stereocenters. The van der Waals surface area contributed by atoms with Gasteiger partial charge in [0.1, 0.15) is 5.75 Å². The minimum absolute atomic E-state index is 0.332. The van der Waals surface area contributed by atoms with E-state index in [2.05, 4.69) is 0 Å². The van der Waals surface area contributed by atoms with Crippen LogP contribution in [0.25, 0.3) is 0 Å². The predicted molar refractivity (Wildman–Crippen MR) is 81.5 cm³/mol. The monoisotopic (exact) mass is 302 g/mol. The molecule has 0 saturated heterocycles. The van der Waals surface area contributed by atoms with Crippen molar-refractivity contribution in [1.82, 2.24) is 0 Å². The lowest BCUT2D eigenvalue weighted by Gasteiger charge is -2.07. The van der Waals surface area contributed by atoms with E-state index in [-0.39, 0.29) is 0 Å². The topological polar surface area (TPSA) is 46.5 Å². The summed E-state index contributed by atoms with van der Waals surface area (Å²) < 4.78 is 5.15. The average Bonchev–Trinajstić information content (AvgIpc) is 3.27. The third kappa shape index (κ3) is 2.74. The molecule has 4 heteroatoms. The SMILES string of the molecule is COc1ccc([C@H]2CC2c2cccc(C(=O)O)c2)c(Cl)c1. The number of carboxylic acid groups (broad SMARTS) is 1. The number of hydrogen-bond donors (Lipinski definition) is 1. The highest BCUT2D eigenvalue weighted by Crippen LogP contribution is 2.56. The Bertz CT molecular complexity index is 696. The van der Waals surface area contributed by atoms with Crippen LogP contribution in [0.15, 0.2) is 42.5 Å². The third-order valence-electron chi connectivity index (χ3n) is 3.96. The first kappa shape index (κ1) is 14.0. The van der Waals surface area contributed by atoms with Gasteiger partial charge in [0, 0.05) is 5.02 Å². The second-order valence-electron chi connectivity index (χ2n) is 5.27. The molecular weight excluding hydrogens is 288 g/mol. The first-order valence-corrected chi connectivity index (χ1v) is 7.14. The van der Waals surface area contributed by atoms with Crippen molar-refractivity contribution in [2.75, 3.05) is 7.11 Å². The summed E-state index contributed by atoms with van der Waals surface area (Å²) in [4.78, 5) is 11.0. The van der Waals surface area contributed by atoms with Crippen LogP contribution in [-0.4, -0.2) is 18.2 Å². The molecular formula is C17H15ClO3. The van der Waals surface area contributed by atoms with Gasteiger partial charge in [-0.25, -0.2) is 4.79 Å². The summed E-state index contributed by atoms with van der Waals surface area (Å²) in [6.45, 7) is 0. The van der Waals surface area contributed by atoms with Gasteiger partial charge >= 0.3 is 5.97 Å². The Hall–Kier alpha value is -2.00. The van der Waals surface area contributed by atoms with E-state index in [0.717, 1.165) is 23.3 Å². The van der Waals surface area contributed by atoms with E-state index in [0.29, 0.717) is 22.4 Å². The highest BCUT2D eigenvalue weighted by atomic mass is 35.5. The Kier molecular flexibility index (Phi) is 3.60. The molecule has 2 aromatic carbocycles. The largest absolute Gasteiger partial charge is 0.497 e. The zero-order chi connectivity index (χ0) is 15.0. The second kappa shape index (κ2) is 5.41. The molecule has 2 aromatic rings. The highest BCUT2D eigenvalue weighted by molar-refractivity contribution is 6.31. The van der Waals surface area contributed by atoms with Gasteiger partial charge in [-0.3, -0.25) is 0 Å². The molecule has 0 aromatic heterocycles. The maximum absolute atomic E-state index is 11.0. The molecule has 1 unspecified atom stereocenters. The van der Waals surface area contributed by atoms with Crippen LogP contribution in [0.3, 0.4) is 0 Å². The zero-order valence-corrected chi connectivity index (χ0v) is 12.3. The van der Waals surface area contributed by atoms with E-state index >= 15 is 0 Å². The number of benzene rings is 2. The van der Waals surface area contributed by atoms with Crippen molar-refractivity contribution in [3.63, 3.8) is 0 Å². The predicted octanol–water partition coefficient (Wildman–Crippen LogP) is 4.32. The van der Waals surface area contributed by atoms with Gasteiger partial charge in [0.15, 0.2) is 0 Å². The zero-order valence-electron chi connectivity index (χ0n) is 11.5. The standard InChI is InChI=1S/C17H15ClO3/c1-21-12-5-6-13(16(18)8-12)15-9-14(15)10-3-2-4-11(7-10)17(19)20/h2-8,14-15H,9H2,1H3,(H,19,20)/t14?,15-/m1/s1. The Morgan fingerprint density at radius 1 is 1.24 bits per heavy atom. The minimum Gasteiger partial charge on any atom is -0.497 e. The van der Waals surface area contributed by atoms with Crippen molar-refractivity contribution in [3.05, 3.63) is 64.2 Å². The van der Waals surface area contributed by atoms with Crippen LogP contribution in [0.5, 0.6) is 5.75 Å². The number of hydrogen-bond acceptors (Lipinski definition) is 2. The third-order valence-corrected chi connectivity index (χ3v) is 4.29. The van der Waals surface area contributed by atoms with Crippen molar-refractivity contribution in [3.8, 4) is 5.75 Å². The van der Waals surface area contributed by atoms with E-state index in [9.17, 15) is 4.79 Å². The molecule has 1 aliphatic carbocycles. The van der Waals surface area contributed by atoms with Gasteiger partial charge in [-0.15, -0.1) is 0 Å². The van der Waals surface area contributed by atoms with Crippen molar-refractivity contribution in [2.24, 2.45) is 0 Å². The normalized spacial score (nSPS) is 20.1. The molecule has 1 saturated carbocycles. The molecule has 3 rings (SSSR count). The van der Waals surface area contributed by atoms with Crippen molar-refractivity contribution in [1.29, 1.82) is 0 Å². The Balaban J connectivity index is 1.83. The van der Waals surface area contributed by atoms with Gasteiger partial charge < -0.3 is 9.84 Å². The van der Waals surface area contributed by atoms with E-state index < -0.39 is 5.97 Å². The molecule has 0 amide bonds. The van der Waals surface area contributed by atoms with Gasteiger partial charge in [-0.05, 0) is 53.6 Å². The quantitative estimate of drug-likeness (QED) is 0.915. The number of rotatable bonds is 4. The molecule has 0 aliphatic heterocycles.